The first-order chi connectivity index (χ1) is 18.0. The molecule has 5 aromatic carbocycles. The highest BCUT2D eigenvalue weighted by molar-refractivity contribution is 8.20. The summed E-state index contributed by atoms with van der Waals surface area (Å²) in [5.74, 6) is -0.0972. The lowest BCUT2D eigenvalue weighted by atomic mass is 10.2. The van der Waals surface area contributed by atoms with Crippen LogP contribution >= 0.6 is 18.5 Å². The molecule has 2 nitrogen and oxygen atoms in total. The van der Waals surface area contributed by atoms with Gasteiger partial charge in [0.25, 0.3) is 0 Å². The van der Waals surface area contributed by atoms with E-state index < -0.39 is 16.7 Å². The van der Waals surface area contributed by atoms with Gasteiger partial charge in [-0.25, -0.2) is 8.42 Å². The van der Waals surface area contributed by atoms with Crippen molar-refractivity contribution in [1.29, 1.82) is 0 Å². The lowest BCUT2D eigenvalue weighted by Crippen LogP contribution is -2.34. The lowest BCUT2D eigenvalue weighted by Gasteiger charge is -2.33. The minimum Gasteiger partial charge on any atom is -0.223 e. The van der Waals surface area contributed by atoms with Gasteiger partial charge in [0.15, 0.2) is 9.84 Å². The zero-order chi connectivity index (χ0) is 25.7. The van der Waals surface area contributed by atoms with Gasteiger partial charge in [-0.3, -0.25) is 0 Å². The number of hydrogen-bond donors (Lipinski definition) is 0. The number of rotatable bonds is 7. The molecule has 0 N–H and O–H groups in total. The van der Waals surface area contributed by atoms with Gasteiger partial charge in [-0.2, -0.15) is 0 Å². The summed E-state index contributed by atoms with van der Waals surface area (Å²) in [6.07, 6.45) is 0. The molecule has 184 valence electrons. The molecule has 0 atom stereocenters. The van der Waals surface area contributed by atoms with Gasteiger partial charge in [0.2, 0.25) is 0 Å². The maximum Gasteiger partial charge on any atom is 0.184 e. The van der Waals surface area contributed by atoms with E-state index in [4.69, 9.17) is 11.6 Å². The molecule has 0 saturated heterocycles. The van der Waals surface area contributed by atoms with Crippen molar-refractivity contribution < 1.29 is 8.42 Å². The van der Waals surface area contributed by atoms with E-state index in [0.29, 0.717) is 15.2 Å². The molecule has 0 aromatic heterocycles. The molecule has 0 spiro atoms. The monoisotopic (exact) mass is 540 g/mol. The molecule has 0 saturated carbocycles. The van der Waals surface area contributed by atoms with Gasteiger partial charge in [-0.05, 0) is 46.1 Å². The molecule has 0 unspecified atom stereocenters. The Morgan fingerprint density at radius 1 is 0.541 bits per heavy atom. The van der Waals surface area contributed by atoms with Gasteiger partial charge in [0.05, 0.1) is 10.4 Å². The summed E-state index contributed by atoms with van der Waals surface area (Å²) in [7, 11) is -3.82. The van der Waals surface area contributed by atoms with Gasteiger partial charge in [0, 0.05) is 5.02 Å². The summed E-state index contributed by atoms with van der Waals surface area (Å²) in [6.45, 7) is -2.87. The van der Waals surface area contributed by atoms with Crippen molar-refractivity contribution in [3.8, 4) is 0 Å². The summed E-state index contributed by atoms with van der Waals surface area (Å²) in [5, 5.41) is 3.50. The summed E-state index contributed by atoms with van der Waals surface area (Å²) in [4.78, 5) is 0. The molecule has 0 radical (unpaired) electrons. The second-order valence-corrected chi connectivity index (χ2v) is 14.7. The third-order valence-corrected chi connectivity index (χ3v) is 13.9. The Labute approximate surface area is 224 Å². The topological polar surface area (TPSA) is 34.1 Å². The second kappa shape index (κ2) is 10.9. The molecule has 0 aliphatic heterocycles. The van der Waals surface area contributed by atoms with E-state index in [-0.39, 0.29) is 5.75 Å². The molecule has 37 heavy (non-hydrogen) atoms. The highest BCUT2D eigenvalue weighted by Gasteiger charge is 2.37. The normalized spacial score (nSPS) is 11.7. The van der Waals surface area contributed by atoms with Crippen molar-refractivity contribution in [1.82, 2.24) is 0 Å². The smallest absolute Gasteiger partial charge is 0.184 e. The Morgan fingerprint density at radius 2 is 0.919 bits per heavy atom. The SMILES string of the molecule is O=S(=O)(Cc1ccccc1)C(c1ccc(Cl)cc1)=P(c1ccccc1)(c1ccccc1)c1ccccc1. The van der Waals surface area contributed by atoms with Crippen LogP contribution in [0.1, 0.15) is 11.1 Å². The molecule has 0 heterocycles. The Morgan fingerprint density at radius 3 is 1.32 bits per heavy atom. The Kier molecular flexibility index (Phi) is 7.48. The maximum absolute atomic E-state index is 14.7. The van der Waals surface area contributed by atoms with E-state index in [1.54, 1.807) is 12.1 Å². The Balaban J connectivity index is 2.03. The second-order valence-electron chi connectivity index (χ2n) is 8.73. The van der Waals surface area contributed by atoms with Crippen molar-refractivity contribution in [2.75, 3.05) is 0 Å². The first-order valence-corrected chi connectivity index (χ1v) is 15.8. The molecule has 0 amide bonds. The largest absolute Gasteiger partial charge is 0.223 e. The highest BCUT2D eigenvalue weighted by atomic mass is 35.5. The molecule has 0 fully saturated rings. The van der Waals surface area contributed by atoms with E-state index >= 15 is 0 Å². The molecule has 0 aliphatic rings. The summed E-state index contributed by atoms with van der Waals surface area (Å²) in [6, 6.07) is 46.7. The van der Waals surface area contributed by atoms with Gasteiger partial charge in [0.1, 0.15) is 0 Å². The summed E-state index contributed by atoms with van der Waals surface area (Å²) >= 11 is 6.28. The van der Waals surface area contributed by atoms with E-state index in [0.717, 1.165) is 21.5 Å². The Hall–Kier alpha value is -3.36. The molecule has 5 heteroatoms. The molecule has 5 aromatic rings. The van der Waals surface area contributed by atoms with Crippen LogP contribution in [0.5, 0.6) is 0 Å². The first-order valence-electron chi connectivity index (χ1n) is 12.0. The minimum atomic E-state index is -3.82. The number of sulfone groups is 1. The van der Waals surface area contributed by atoms with Crippen LogP contribution in [0.15, 0.2) is 146 Å². The fourth-order valence-corrected chi connectivity index (χ4v) is 13.0. The van der Waals surface area contributed by atoms with Gasteiger partial charge in [-0.1, -0.05) is 145 Å². The average Bonchev–Trinajstić information content (AvgIpc) is 2.94. The predicted molar refractivity (Wildman–Crippen MR) is 160 cm³/mol. The average molecular weight is 541 g/mol. The van der Waals surface area contributed by atoms with Crippen molar-refractivity contribution >= 4 is 48.9 Å². The molecular formula is C32H26ClO2PS. The maximum atomic E-state index is 14.7. The minimum absolute atomic E-state index is 0.0972. The highest BCUT2D eigenvalue weighted by Crippen LogP contribution is 2.49. The molecule has 0 bridgehead atoms. The van der Waals surface area contributed by atoms with Crippen molar-refractivity contribution in [3.63, 3.8) is 0 Å². The Bertz CT molecular complexity index is 1530. The summed E-state index contributed by atoms with van der Waals surface area (Å²) in [5.41, 5.74) is 1.41. The van der Waals surface area contributed by atoms with Crippen LogP contribution in [0.4, 0.5) is 0 Å². The van der Waals surface area contributed by atoms with E-state index in [1.807, 2.05) is 97.1 Å². The van der Waals surface area contributed by atoms with Crippen LogP contribution in [0.25, 0.3) is 0 Å². The third kappa shape index (κ3) is 5.08. The lowest BCUT2D eigenvalue weighted by molar-refractivity contribution is 0.607. The molecule has 5 rings (SSSR count). The number of hydrogen-bond acceptors (Lipinski definition) is 2. The van der Waals surface area contributed by atoms with E-state index in [1.165, 1.54) is 0 Å². The van der Waals surface area contributed by atoms with Crippen molar-refractivity contribution in [3.05, 3.63) is 162 Å². The van der Waals surface area contributed by atoms with Crippen LogP contribution in [0, 0.1) is 0 Å². The predicted octanol–water partition coefficient (Wildman–Crippen LogP) is 6.43. The van der Waals surface area contributed by atoms with Crippen LogP contribution in [-0.2, 0) is 15.6 Å². The van der Waals surface area contributed by atoms with Crippen LogP contribution in [-0.4, -0.2) is 13.0 Å². The van der Waals surface area contributed by atoms with Crippen molar-refractivity contribution in [2.24, 2.45) is 0 Å². The van der Waals surface area contributed by atoms with Crippen LogP contribution in [0.3, 0.4) is 0 Å². The van der Waals surface area contributed by atoms with Gasteiger partial charge >= 0.3 is 0 Å². The van der Waals surface area contributed by atoms with Crippen LogP contribution in [0.2, 0.25) is 5.02 Å². The van der Waals surface area contributed by atoms with Gasteiger partial charge < -0.3 is 0 Å². The van der Waals surface area contributed by atoms with Crippen molar-refractivity contribution in [2.45, 2.75) is 5.75 Å². The molecular weight excluding hydrogens is 515 g/mol. The first kappa shape index (κ1) is 25.3. The zero-order valence-corrected chi connectivity index (χ0v) is 22.6. The zero-order valence-electron chi connectivity index (χ0n) is 20.1. The van der Waals surface area contributed by atoms with Gasteiger partial charge in [-0.15, -0.1) is 0 Å². The standard InChI is InChI=1S/C32H26ClO2PS/c33-28-23-21-27(22-24-28)32(37(34,35)25-26-13-5-1-6-14-26)36(29-15-7-2-8-16-29,30-17-9-3-10-18-30)31-19-11-4-12-20-31/h1-24H,25H2. The van der Waals surface area contributed by atoms with Crippen LogP contribution < -0.4 is 15.9 Å². The van der Waals surface area contributed by atoms with E-state index in [9.17, 15) is 8.42 Å². The summed E-state index contributed by atoms with van der Waals surface area (Å²) < 4.78 is 29.9. The fraction of sp³-hybridized carbons (Fsp3) is 0.0312. The quantitative estimate of drug-likeness (QED) is 0.223. The number of benzene rings is 5. The number of halogens is 1. The third-order valence-electron chi connectivity index (χ3n) is 6.32. The fourth-order valence-electron chi connectivity index (χ4n) is 4.79. The molecule has 0 aliphatic carbocycles. The van der Waals surface area contributed by atoms with E-state index in [2.05, 4.69) is 36.4 Å².